The predicted molar refractivity (Wildman–Crippen MR) is 78.6 cm³/mol. The lowest BCUT2D eigenvalue weighted by Gasteiger charge is -2.07. The summed E-state index contributed by atoms with van der Waals surface area (Å²) in [5.74, 6) is 0. The van der Waals surface area contributed by atoms with Crippen molar-refractivity contribution in [1.82, 2.24) is 20.2 Å². The van der Waals surface area contributed by atoms with Gasteiger partial charge in [-0.25, -0.2) is 9.97 Å². The Morgan fingerprint density at radius 3 is 2.81 bits per heavy atom. The van der Waals surface area contributed by atoms with Crippen LogP contribution in [-0.4, -0.2) is 27.3 Å². The molecular weight excluding hydrogens is 268 g/mol. The minimum absolute atomic E-state index is 0.239. The quantitative estimate of drug-likeness (QED) is 0.570. The average Bonchev–Trinajstić information content (AvgIpc) is 2.88. The van der Waals surface area contributed by atoms with Crippen LogP contribution in [0.3, 0.4) is 0 Å². The molecule has 0 saturated carbocycles. The van der Waals surface area contributed by atoms with Crippen molar-refractivity contribution in [1.29, 1.82) is 5.41 Å². The number of ether oxygens (including phenoxy) is 1. The van der Waals surface area contributed by atoms with Gasteiger partial charge in [0.15, 0.2) is 16.7 Å². The Labute approximate surface area is 120 Å². The highest BCUT2D eigenvalue weighted by atomic mass is 16.5. The molecule has 108 valence electrons. The zero-order valence-corrected chi connectivity index (χ0v) is 11.6. The van der Waals surface area contributed by atoms with Gasteiger partial charge in [-0.15, -0.1) is 0 Å². The summed E-state index contributed by atoms with van der Waals surface area (Å²) in [6.07, 6.45) is 1.69. The van der Waals surface area contributed by atoms with Crippen LogP contribution in [0.4, 0.5) is 5.69 Å². The lowest BCUT2D eigenvalue weighted by molar-refractivity contribution is 0.185. The number of aromatic nitrogens is 4. The Morgan fingerprint density at radius 1 is 1.24 bits per heavy atom. The summed E-state index contributed by atoms with van der Waals surface area (Å²) in [7, 11) is 1.68. The second kappa shape index (κ2) is 5.76. The van der Waals surface area contributed by atoms with Crippen molar-refractivity contribution in [2.24, 2.45) is 0 Å². The highest BCUT2D eigenvalue weighted by molar-refractivity contribution is 5.67. The first-order chi connectivity index (χ1) is 10.3. The first-order valence-electron chi connectivity index (χ1n) is 6.55. The van der Waals surface area contributed by atoms with Crippen molar-refractivity contribution < 1.29 is 4.74 Å². The SMILES string of the molecule is COCc1ccc(NCc2cnc3[nH][nH]c(=N)c3n2)cc1. The zero-order valence-electron chi connectivity index (χ0n) is 11.6. The number of H-pyrrole nitrogens is 2. The van der Waals surface area contributed by atoms with E-state index < -0.39 is 0 Å². The van der Waals surface area contributed by atoms with Crippen LogP contribution in [-0.2, 0) is 17.9 Å². The number of methoxy groups -OCH3 is 1. The lowest BCUT2D eigenvalue weighted by atomic mass is 10.2. The van der Waals surface area contributed by atoms with E-state index in [1.54, 1.807) is 13.3 Å². The van der Waals surface area contributed by atoms with E-state index in [9.17, 15) is 0 Å². The third-order valence-electron chi connectivity index (χ3n) is 3.10. The smallest absolute Gasteiger partial charge is 0.174 e. The van der Waals surface area contributed by atoms with Crippen LogP contribution in [0.1, 0.15) is 11.3 Å². The molecule has 2 heterocycles. The van der Waals surface area contributed by atoms with E-state index in [-0.39, 0.29) is 5.49 Å². The molecule has 21 heavy (non-hydrogen) atoms. The van der Waals surface area contributed by atoms with Crippen LogP contribution in [0.25, 0.3) is 11.2 Å². The fraction of sp³-hybridized carbons (Fsp3) is 0.214. The number of benzene rings is 1. The Hall–Kier alpha value is -2.67. The molecule has 0 fully saturated rings. The summed E-state index contributed by atoms with van der Waals surface area (Å²) in [5, 5.41) is 16.4. The second-order valence-corrected chi connectivity index (χ2v) is 4.67. The van der Waals surface area contributed by atoms with Gasteiger partial charge in [-0.1, -0.05) is 12.1 Å². The molecule has 1 aromatic carbocycles. The highest BCUT2D eigenvalue weighted by Crippen LogP contribution is 2.11. The number of fused-ring (bicyclic) bond motifs is 1. The molecule has 7 heteroatoms. The van der Waals surface area contributed by atoms with Crippen molar-refractivity contribution in [3.05, 3.63) is 47.2 Å². The van der Waals surface area contributed by atoms with Gasteiger partial charge in [0.05, 0.1) is 25.0 Å². The first kappa shape index (κ1) is 13.3. The molecule has 3 aromatic rings. The molecule has 3 rings (SSSR count). The molecule has 0 amide bonds. The normalized spacial score (nSPS) is 10.9. The third-order valence-corrected chi connectivity index (χ3v) is 3.10. The van der Waals surface area contributed by atoms with Crippen LogP contribution >= 0.6 is 0 Å². The van der Waals surface area contributed by atoms with Crippen molar-refractivity contribution >= 4 is 16.9 Å². The number of anilines is 1. The summed E-state index contributed by atoms with van der Waals surface area (Å²) in [4.78, 5) is 8.63. The van der Waals surface area contributed by atoms with Crippen molar-refractivity contribution in [3.8, 4) is 0 Å². The predicted octanol–water partition coefficient (Wildman–Crippen LogP) is 1.52. The first-order valence-corrected chi connectivity index (χ1v) is 6.55. The largest absolute Gasteiger partial charge is 0.380 e. The van der Waals surface area contributed by atoms with Gasteiger partial charge >= 0.3 is 0 Å². The van der Waals surface area contributed by atoms with Gasteiger partial charge in [0.1, 0.15) is 0 Å². The monoisotopic (exact) mass is 284 g/mol. The van der Waals surface area contributed by atoms with E-state index in [0.717, 1.165) is 16.9 Å². The molecule has 0 radical (unpaired) electrons. The number of hydrogen-bond donors (Lipinski definition) is 4. The molecule has 2 aromatic heterocycles. The molecule has 0 aliphatic heterocycles. The Balaban J connectivity index is 1.70. The topological polar surface area (TPSA) is 102 Å². The Kier molecular flexibility index (Phi) is 3.65. The van der Waals surface area contributed by atoms with E-state index in [0.29, 0.717) is 24.3 Å². The van der Waals surface area contributed by atoms with E-state index in [1.807, 2.05) is 24.3 Å². The van der Waals surface area contributed by atoms with Crippen molar-refractivity contribution in [3.63, 3.8) is 0 Å². The molecule has 0 aliphatic rings. The highest BCUT2D eigenvalue weighted by Gasteiger charge is 2.03. The van der Waals surface area contributed by atoms with Crippen LogP contribution < -0.4 is 10.8 Å². The minimum Gasteiger partial charge on any atom is -0.380 e. The molecule has 0 aliphatic carbocycles. The number of rotatable bonds is 5. The van der Waals surface area contributed by atoms with Gasteiger partial charge in [-0.05, 0) is 17.7 Å². The molecule has 0 unspecified atom stereocenters. The van der Waals surface area contributed by atoms with Crippen LogP contribution in [0, 0.1) is 5.41 Å². The molecule has 0 atom stereocenters. The van der Waals surface area contributed by atoms with E-state index in [2.05, 4.69) is 25.5 Å². The summed E-state index contributed by atoms with van der Waals surface area (Å²) in [6, 6.07) is 8.04. The number of hydrogen-bond acceptors (Lipinski definition) is 5. The molecule has 7 nitrogen and oxygen atoms in total. The maximum absolute atomic E-state index is 7.68. The number of aromatic amines is 2. The Bertz CT molecular complexity index is 789. The lowest BCUT2D eigenvalue weighted by Crippen LogP contribution is -2.06. The molecule has 0 bridgehead atoms. The van der Waals surface area contributed by atoms with Crippen molar-refractivity contribution in [2.45, 2.75) is 13.2 Å². The van der Waals surface area contributed by atoms with Gasteiger partial charge < -0.3 is 10.1 Å². The second-order valence-electron chi connectivity index (χ2n) is 4.67. The number of nitrogens with one attached hydrogen (secondary N) is 4. The standard InChI is InChI=1S/C14H16N6O/c1-21-8-9-2-4-10(5-3-9)16-6-11-7-17-14-12(18-11)13(15)19-20-14/h2-5,7,16H,6,8H2,1H3,(H3,15,17,19,20). The Morgan fingerprint density at radius 2 is 2.05 bits per heavy atom. The van der Waals surface area contributed by atoms with Crippen LogP contribution in [0.15, 0.2) is 30.5 Å². The molecule has 4 N–H and O–H groups in total. The van der Waals surface area contributed by atoms with Gasteiger partial charge in [0, 0.05) is 12.8 Å². The molecular formula is C14H16N6O. The number of nitrogens with zero attached hydrogens (tertiary/aromatic N) is 2. The van der Waals surface area contributed by atoms with Gasteiger partial charge in [-0.2, -0.15) is 0 Å². The van der Waals surface area contributed by atoms with E-state index in [1.165, 1.54) is 0 Å². The van der Waals surface area contributed by atoms with Crippen LogP contribution in [0.5, 0.6) is 0 Å². The van der Waals surface area contributed by atoms with E-state index >= 15 is 0 Å². The minimum atomic E-state index is 0.239. The molecule has 0 spiro atoms. The average molecular weight is 284 g/mol. The summed E-state index contributed by atoms with van der Waals surface area (Å²) in [5.41, 5.74) is 4.29. The van der Waals surface area contributed by atoms with Gasteiger partial charge in [0.25, 0.3) is 0 Å². The third kappa shape index (κ3) is 2.92. The maximum Gasteiger partial charge on any atom is 0.174 e. The summed E-state index contributed by atoms with van der Waals surface area (Å²) in [6.45, 7) is 1.16. The summed E-state index contributed by atoms with van der Waals surface area (Å²) < 4.78 is 5.08. The van der Waals surface area contributed by atoms with Crippen LogP contribution in [0.2, 0.25) is 0 Å². The van der Waals surface area contributed by atoms with Gasteiger partial charge in [-0.3, -0.25) is 15.6 Å². The fourth-order valence-corrected chi connectivity index (χ4v) is 2.04. The zero-order chi connectivity index (χ0) is 14.7. The van der Waals surface area contributed by atoms with E-state index in [4.69, 9.17) is 10.1 Å². The fourth-order valence-electron chi connectivity index (χ4n) is 2.04. The van der Waals surface area contributed by atoms with Gasteiger partial charge in [0.2, 0.25) is 0 Å². The maximum atomic E-state index is 7.68. The summed E-state index contributed by atoms with van der Waals surface area (Å²) >= 11 is 0. The molecule has 0 saturated heterocycles. The van der Waals surface area contributed by atoms with Crippen molar-refractivity contribution in [2.75, 3.05) is 12.4 Å².